The lowest BCUT2D eigenvalue weighted by Crippen LogP contribution is -2.32. The second kappa shape index (κ2) is 3.84. The molecular formula is C18H16. The lowest BCUT2D eigenvalue weighted by molar-refractivity contribution is 0.828. The molecule has 0 nitrogen and oxygen atoms in total. The summed E-state index contributed by atoms with van der Waals surface area (Å²) >= 11 is 0. The van der Waals surface area contributed by atoms with Crippen molar-refractivity contribution in [3.05, 3.63) is 63.1 Å². The van der Waals surface area contributed by atoms with E-state index in [1.54, 1.807) is 16.7 Å². The van der Waals surface area contributed by atoms with E-state index in [1.807, 2.05) is 0 Å². The van der Waals surface area contributed by atoms with Gasteiger partial charge in [0.2, 0.25) is 0 Å². The molecule has 0 fully saturated rings. The van der Waals surface area contributed by atoms with Gasteiger partial charge in [-0.3, -0.25) is 0 Å². The molecule has 0 heterocycles. The number of rotatable bonds is 0. The molecule has 0 amide bonds. The van der Waals surface area contributed by atoms with Crippen LogP contribution in [0.1, 0.15) is 29.5 Å². The summed E-state index contributed by atoms with van der Waals surface area (Å²) in [5, 5.41) is 2.89. The fraction of sp³-hybridized carbons (Fsp3) is 0.222. The predicted molar refractivity (Wildman–Crippen MR) is 77.5 cm³/mol. The van der Waals surface area contributed by atoms with Crippen LogP contribution in [0.4, 0.5) is 0 Å². The van der Waals surface area contributed by atoms with Crippen LogP contribution in [0.15, 0.2) is 35.9 Å². The summed E-state index contributed by atoms with van der Waals surface area (Å²) in [6.45, 7) is 0. The van der Waals surface area contributed by atoms with Gasteiger partial charge in [-0.15, -0.1) is 0 Å². The average molecular weight is 232 g/mol. The summed E-state index contributed by atoms with van der Waals surface area (Å²) in [5.74, 6) is 0. The van der Waals surface area contributed by atoms with Crippen LogP contribution in [0.3, 0.4) is 0 Å². The van der Waals surface area contributed by atoms with Gasteiger partial charge in [0.15, 0.2) is 0 Å². The average Bonchev–Trinajstić information content (AvgIpc) is 2.72. The predicted octanol–water partition coefficient (Wildman–Crippen LogP) is 2.65. The first-order valence-corrected chi connectivity index (χ1v) is 6.80. The summed E-state index contributed by atoms with van der Waals surface area (Å²) in [6, 6.07) is 2.36. The lowest BCUT2D eigenvalue weighted by atomic mass is 9.84. The molecule has 0 radical (unpaired) electrons. The van der Waals surface area contributed by atoms with Gasteiger partial charge in [-0.2, -0.15) is 0 Å². The standard InChI is InChI=1S/C18H16/c1-2-6-14-12-15-7-4-5-13-9-10-17(18(15)11-13)16(14)8-3-1/h1-2,4-8,12H,3,9-11H2. The van der Waals surface area contributed by atoms with E-state index < -0.39 is 0 Å². The molecule has 18 heavy (non-hydrogen) atoms. The second-order valence-electron chi connectivity index (χ2n) is 5.32. The molecule has 88 valence electrons. The minimum atomic E-state index is 1.06. The van der Waals surface area contributed by atoms with E-state index >= 15 is 0 Å². The Labute approximate surface area is 107 Å². The Bertz CT molecular complexity index is 724. The summed E-state index contributed by atoms with van der Waals surface area (Å²) in [7, 11) is 0. The highest BCUT2D eigenvalue weighted by Gasteiger charge is 2.18. The van der Waals surface area contributed by atoms with Crippen molar-refractivity contribution in [2.75, 3.05) is 0 Å². The first-order valence-electron chi connectivity index (χ1n) is 6.80. The van der Waals surface area contributed by atoms with Crippen molar-refractivity contribution in [1.29, 1.82) is 0 Å². The first kappa shape index (κ1) is 10.1. The Morgan fingerprint density at radius 2 is 1.94 bits per heavy atom. The summed E-state index contributed by atoms with van der Waals surface area (Å²) in [6.07, 6.45) is 20.6. The molecule has 3 aliphatic carbocycles. The molecule has 4 rings (SSSR count). The molecule has 0 heteroatoms. The number of fused-ring (bicyclic) bond motifs is 3. The van der Waals surface area contributed by atoms with Gasteiger partial charge in [-0.25, -0.2) is 0 Å². The van der Waals surface area contributed by atoms with E-state index in [2.05, 4.69) is 48.6 Å². The van der Waals surface area contributed by atoms with Crippen molar-refractivity contribution in [3.8, 4) is 0 Å². The number of allylic oxidation sites excluding steroid dienone is 5. The van der Waals surface area contributed by atoms with Gasteiger partial charge >= 0.3 is 0 Å². The van der Waals surface area contributed by atoms with Crippen LogP contribution in [0.25, 0.3) is 18.2 Å². The van der Waals surface area contributed by atoms with Gasteiger partial charge in [0, 0.05) is 0 Å². The van der Waals surface area contributed by atoms with Crippen molar-refractivity contribution < 1.29 is 0 Å². The number of benzene rings is 1. The van der Waals surface area contributed by atoms with Crippen LogP contribution in [0.5, 0.6) is 0 Å². The molecule has 0 aromatic heterocycles. The monoisotopic (exact) mass is 232 g/mol. The third-order valence-corrected chi connectivity index (χ3v) is 4.24. The van der Waals surface area contributed by atoms with E-state index in [0.717, 1.165) is 12.8 Å². The Morgan fingerprint density at radius 1 is 0.944 bits per heavy atom. The molecule has 3 aliphatic rings. The van der Waals surface area contributed by atoms with Crippen molar-refractivity contribution >= 4 is 18.2 Å². The zero-order chi connectivity index (χ0) is 11.9. The molecule has 0 N–H and O–H groups in total. The van der Waals surface area contributed by atoms with Crippen LogP contribution in [0, 0.1) is 0 Å². The largest absolute Gasteiger partial charge is 0.0807 e. The van der Waals surface area contributed by atoms with E-state index in [1.165, 1.54) is 28.8 Å². The van der Waals surface area contributed by atoms with Gasteiger partial charge in [-0.1, -0.05) is 48.1 Å². The molecular weight excluding hydrogens is 216 g/mol. The Kier molecular flexibility index (Phi) is 2.16. The van der Waals surface area contributed by atoms with Crippen LogP contribution in [-0.2, 0) is 12.8 Å². The third kappa shape index (κ3) is 1.45. The zero-order valence-corrected chi connectivity index (χ0v) is 10.4. The Balaban J connectivity index is 2.14. The molecule has 0 saturated carbocycles. The SMILES string of the molecule is C1=CCC=c2c3c4c(cc2=C1)C=CC=C(CC3)C4. The summed E-state index contributed by atoms with van der Waals surface area (Å²) < 4.78 is 0. The number of hydrogen-bond donors (Lipinski definition) is 0. The summed E-state index contributed by atoms with van der Waals surface area (Å²) in [5.41, 5.74) is 6.19. The van der Waals surface area contributed by atoms with Crippen molar-refractivity contribution in [2.45, 2.75) is 25.7 Å². The molecule has 0 aliphatic heterocycles. The quantitative estimate of drug-likeness (QED) is 0.645. The fourth-order valence-corrected chi connectivity index (χ4v) is 3.33. The highest BCUT2D eigenvalue weighted by Crippen LogP contribution is 2.28. The van der Waals surface area contributed by atoms with Crippen LogP contribution < -0.4 is 10.4 Å². The van der Waals surface area contributed by atoms with Gasteiger partial charge in [0.1, 0.15) is 0 Å². The van der Waals surface area contributed by atoms with Gasteiger partial charge in [0.25, 0.3) is 0 Å². The van der Waals surface area contributed by atoms with E-state index in [-0.39, 0.29) is 0 Å². The first-order chi connectivity index (χ1) is 8.92. The third-order valence-electron chi connectivity index (χ3n) is 4.24. The molecule has 0 saturated heterocycles. The van der Waals surface area contributed by atoms with E-state index in [0.29, 0.717) is 0 Å². The van der Waals surface area contributed by atoms with Crippen LogP contribution in [-0.4, -0.2) is 0 Å². The highest BCUT2D eigenvalue weighted by atomic mass is 14.2. The minimum absolute atomic E-state index is 1.06. The highest BCUT2D eigenvalue weighted by molar-refractivity contribution is 5.64. The molecule has 1 aromatic rings. The molecule has 2 bridgehead atoms. The van der Waals surface area contributed by atoms with Gasteiger partial charge in [0.05, 0.1) is 0 Å². The Hall–Kier alpha value is -1.82. The number of hydrogen-bond acceptors (Lipinski definition) is 0. The fourth-order valence-electron chi connectivity index (χ4n) is 3.33. The maximum Gasteiger partial charge on any atom is -0.00550 e. The maximum atomic E-state index is 2.40. The molecule has 0 atom stereocenters. The molecule has 0 unspecified atom stereocenters. The van der Waals surface area contributed by atoms with Crippen molar-refractivity contribution in [3.63, 3.8) is 0 Å². The van der Waals surface area contributed by atoms with Crippen molar-refractivity contribution in [2.24, 2.45) is 0 Å². The van der Waals surface area contributed by atoms with E-state index in [9.17, 15) is 0 Å². The van der Waals surface area contributed by atoms with Gasteiger partial charge in [-0.05, 0) is 58.9 Å². The minimum Gasteiger partial charge on any atom is -0.0807 e. The molecule has 0 spiro atoms. The second-order valence-corrected chi connectivity index (χ2v) is 5.32. The summed E-state index contributed by atoms with van der Waals surface area (Å²) in [4.78, 5) is 0. The zero-order valence-electron chi connectivity index (χ0n) is 10.4. The van der Waals surface area contributed by atoms with Crippen LogP contribution in [0.2, 0.25) is 0 Å². The van der Waals surface area contributed by atoms with Crippen molar-refractivity contribution in [1.82, 2.24) is 0 Å². The Morgan fingerprint density at radius 3 is 2.94 bits per heavy atom. The topological polar surface area (TPSA) is 0 Å². The normalized spacial score (nSPS) is 19.0. The molecule has 1 aromatic carbocycles. The van der Waals surface area contributed by atoms with Crippen LogP contribution >= 0.6 is 0 Å². The van der Waals surface area contributed by atoms with E-state index in [4.69, 9.17) is 0 Å². The maximum absolute atomic E-state index is 2.40. The van der Waals surface area contributed by atoms with Gasteiger partial charge < -0.3 is 0 Å². The smallest absolute Gasteiger partial charge is 0.00550 e. The lowest BCUT2D eigenvalue weighted by Gasteiger charge is -2.20.